The van der Waals surface area contributed by atoms with E-state index in [1.54, 1.807) is 24.7 Å². The van der Waals surface area contributed by atoms with Crippen LogP contribution in [0.5, 0.6) is 5.75 Å². The summed E-state index contributed by atoms with van der Waals surface area (Å²) in [5, 5.41) is 10.5. The largest absolute Gasteiger partial charge is 0.491 e. The Morgan fingerprint density at radius 2 is 1.93 bits per heavy atom. The normalized spacial score (nSPS) is 18.9. The molecule has 1 aromatic heterocycles. The summed E-state index contributed by atoms with van der Waals surface area (Å²) in [6.45, 7) is 3.20. The molecule has 0 aliphatic carbocycles. The molecule has 41 heavy (non-hydrogen) atoms. The van der Waals surface area contributed by atoms with Crippen LogP contribution >= 0.6 is 23.2 Å². The average Bonchev–Trinajstić information content (AvgIpc) is 3.64. The van der Waals surface area contributed by atoms with Crippen molar-refractivity contribution in [3.8, 4) is 5.75 Å². The maximum Gasteiger partial charge on any atom is 0.215 e. The number of aromatic nitrogens is 2. The smallest absolute Gasteiger partial charge is 0.215 e. The lowest BCUT2D eigenvalue weighted by atomic mass is 10.1. The maximum atomic E-state index is 9.53. The maximum absolute atomic E-state index is 9.53. The third-order valence-electron chi connectivity index (χ3n) is 6.81. The number of hydrogen-bond acceptors (Lipinski definition) is 6. The fourth-order valence-electron chi connectivity index (χ4n) is 4.79. The number of benzene rings is 3. The van der Waals surface area contributed by atoms with Crippen LogP contribution in [-0.4, -0.2) is 58.6 Å². The molecule has 3 aromatic carbocycles. The van der Waals surface area contributed by atoms with Crippen LogP contribution in [0.4, 0.5) is 0 Å². The number of aliphatic hydroxyl groups excluding tert-OH is 1. The number of ether oxygens (including phenoxy) is 3. The Bertz CT molecular complexity index is 1400. The molecule has 214 valence electrons. The number of hydrogen-bond donors (Lipinski definition) is 1. The zero-order valence-corrected chi connectivity index (χ0v) is 24.1. The molecule has 2 unspecified atom stereocenters. The van der Waals surface area contributed by atoms with Crippen molar-refractivity contribution in [1.82, 2.24) is 14.5 Å². The highest BCUT2D eigenvalue weighted by Gasteiger charge is 2.45. The highest BCUT2D eigenvalue weighted by molar-refractivity contribution is 6.35. The van der Waals surface area contributed by atoms with Gasteiger partial charge >= 0.3 is 0 Å². The number of nitrogens with zero attached hydrogens (tertiary/aromatic N) is 3. The van der Waals surface area contributed by atoms with Crippen molar-refractivity contribution in [2.24, 2.45) is 0 Å². The van der Waals surface area contributed by atoms with Gasteiger partial charge < -0.3 is 23.9 Å². The summed E-state index contributed by atoms with van der Waals surface area (Å²) in [7, 11) is 0. The molecule has 2 heterocycles. The molecule has 0 spiro atoms. The molecular weight excluding hydrogens is 561 g/mol. The highest BCUT2D eigenvalue weighted by atomic mass is 35.5. The Labute approximate surface area is 250 Å². The van der Waals surface area contributed by atoms with Gasteiger partial charge in [0.2, 0.25) is 5.79 Å². The minimum atomic E-state index is -1.09. The van der Waals surface area contributed by atoms with E-state index in [9.17, 15) is 5.11 Å². The van der Waals surface area contributed by atoms with Gasteiger partial charge in [-0.25, -0.2) is 4.98 Å². The van der Waals surface area contributed by atoms with E-state index in [-0.39, 0.29) is 12.7 Å². The van der Waals surface area contributed by atoms with Crippen molar-refractivity contribution in [2.75, 3.05) is 32.9 Å². The zero-order valence-electron chi connectivity index (χ0n) is 22.6. The first-order chi connectivity index (χ1) is 20.0. The molecule has 0 bridgehead atoms. The van der Waals surface area contributed by atoms with E-state index in [1.165, 1.54) is 0 Å². The number of halogens is 2. The summed E-state index contributed by atoms with van der Waals surface area (Å²) >= 11 is 12.7. The molecule has 9 heteroatoms. The molecule has 7 nitrogen and oxygen atoms in total. The van der Waals surface area contributed by atoms with Crippen molar-refractivity contribution in [3.05, 3.63) is 124 Å². The van der Waals surface area contributed by atoms with Crippen LogP contribution in [0.25, 0.3) is 6.08 Å². The minimum absolute atomic E-state index is 0.105. The van der Waals surface area contributed by atoms with Crippen LogP contribution in [-0.2, 0) is 28.4 Å². The third kappa shape index (κ3) is 7.98. The topological polar surface area (TPSA) is 69.0 Å². The van der Waals surface area contributed by atoms with Gasteiger partial charge in [-0.15, -0.1) is 0 Å². The highest BCUT2D eigenvalue weighted by Crippen LogP contribution is 2.40. The molecule has 5 rings (SSSR count). The second-order valence-electron chi connectivity index (χ2n) is 9.89. The zero-order chi connectivity index (χ0) is 28.5. The van der Waals surface area contributed by atoms with E-state index >= 15 is 0 Å². The van der Waals surface area contributed by atoms with E-state index < -0.39 is 5.79 Å². The van der Waals surface area contributed by atoms with Gasteiger partial charge in [0, 0.05) is 42.6 Å². The monoisotopic (exact) mass is 593 g/mol. The molecule has 1 aliphatic rings. The van der Waals surface area contributed by atoms with Gasteiger partial charge in [0.1, 0.15) is 18.5 Å². The van der Waals surface area contributed by atoms with Crippen LogP contribution in [0.1, 0.15) is 16.7 Å². The lowest BCUT2D eigenvalue weighted by Gasteiger charge is -2.30. The molecule has 2 atom stereocenters. The summed E-state index contributed by atoms with van der Waals surface area (Å²) in [6, 6.07) is 23.5. The van der Waals surface area contributed by atoms with E-state index in [4.69, 9.17) is 37.4 Å². The van der Waals surface area contributed by atoms with Gasteiger partial charge in [-0.3, -0.25) is 4.90 Å². The molecule has 1 fully saturated rings. The predicted molar refractivity (Wildman–Crippen MR) is 161 cm³/mol. The molecule has 0 amide bonds. The Morgan fingerprint density at radius 1 is 1.10 bits per heavy atom. The predicted octanol–water partition coefficient (Wildman–Crippen LogP) is 6.05. The molecule has 0 saturated carbocycles. The Balaban J connectivity index is 1.17. The molecule has 0 radical (unpaired) electrons. The second-order valence-corrected chi connectivity index (χ2v) is 10.7. The first kappa shape index (κ1) is 29.3. The Hall–Kier alpha value is -3.17. The van der Waals surface area contributed by atoms with Crippen LogP contribution < -0.4 is 4.74 Å². The first-order valence-corrected chi connectivity index (χ1v) is 14.3. The molecule has 4 aromatic rings. The van der Waals surface area contributed by atoms with Gasteiger partial charge in [-0.2, -0.15) is 0 Å². The number of aliphatic hydroxyl groups is 1. The van der Waals surface area contributed by atoms with Crippen LogP contribution in [0, 0.1) is 0 Å². The summed E-state index contributed by atoms with van der Waals surface area (Å²) in [5.41, 5.74) is 3.00. The van der Waals surface area contributed by atoms with Gasteiger partial charge in [-0.1, -0.05) is 83.9 Å². The second kappa shape index (κ2) is 14.1. The van der Waals surface area contributed by atoms with Gasteiger partial charge in [0.05, 0.1) is 31.1 Å². The van der Waals surface area contributed by atoms with Crippen LogP contribution in [0.15, 0.2) is 97.6 Å². The van der Waals surface area contributed by atoms with Gasteiger partial charge in [0.25, 0.3) is 0 Å². The van der Waals surface area contributed by atoms with Crippen molar-refractivity contribution in [1.29, 1.82) is 0 Å². The first-order valence-electron chi connectivity index (χ1n) is 13.5. The van der Waals surface area contributed by atoms with Crippen molar-refractivity contribution in [2.45, 2.75) is 25.0 Å². The SMILES string of the molecule is OCCN(C/C=C\c1ccccc1)Cc1ccc(OCC2COC(Cn3ccnc3)(c3ccc(Cl)cc3Cl)O2)cc1. The summed E-state index contributed by atoms with van der Waals surface area (Å²) in [4.78, 5) is 6.33. The molecular formula is C32H33Cl2N3O4. The minimum Gasteiger partial charge on any atom is -0.491 e. The Kier molecular flexibility index (Phi) is 10.1. The summed E-state index contributed by atoms with van der Waals surface area (Å²) in [6.07, 6.45) is 9.19. The third-order valence-corrected chi connectivity index (χ3v) is 7.35. The van der Waals surface area contributed by atoms with Crippen LogP contribution in [0.2, 0.25) is 10.0 Å². The lowest BCUT2D eigenvalue weighted by molar-refractivity contribution is -0.189. The molecule has 1 aliphatic heterocycles. The summed E-state index contributed by atoms with van der Waals surface area (Å²) in [5.74, 6) is -0.350. The molecule has 1 N–H and O–H groups in total. The van der Waals surface area contributed by atoms with E-state index in [0.29, 0.717) is 41.9 Å². The fraction of sp³-hybridized carbons (Fsp3) is 0.281. The van der Waals surface area contributed by atoms with Crippen molar-refractivity contribution >= 4 is 29.3 Å². The number of rotatable bonds is 13. The number of imidazole rings is 1. The van der Waals surface area contributed by atoms with E-state index in [2.05, 4.69) is 34.2 Å². The van der Waals surface area contributed by atoms with Crippen molar-refractivity contribution < 1.29 is 19.3 Å². The lowest BCUT2D eigenvalue weighted by Crippen LogP contribution is -2.34. The van der Waals surface area contributed by atoms with E-state index in [0.717, 1.165) is 30.0 Å². The quantitative estimate of drug-likeness (QED) is 0.204. The van der Waals surface area contributed by atoms with Gasteiger partial charge in [-0.05, 0) is 35.4 Å². The van der Waals surface area contributed by atoms with Gasteiger partial charge in [0.15, 0.2) is 0 Å². The average molecular weight is 595 g/mol. The van der Waals surface area contributed by atoms with E-state index in [1.807, 2.05) is 59.3 Å². The van der Waals surface area contributed by atoms with Crippen molar-refractivity contribution in [3.63, 3.8) is 0 Å². The van der Waals surface area contributed by atoms with Crippen LogP contribution in [0.3, 0.4) is 0 Å². The Morgan fingerprint density at radius 3 is 2.66 bits per heavy atom. The fourth-order valence-corrected chi connectivity index (χ4v) is 5.34. The summed E-state index contributed by atoms with van der Waals surface area (Å²) < 4.78 is 20.7. The molecule has 1 saturated heterocycles. The standard InChI is InChI=1S/C32H33Cl2N3O4/c33-27-10-13-30(31(34)19-27)32(23-37-16-14-35-24-37)40-22-29(41-32)21-39-28-11-8-26(9-12-28)20-36(17-18-38)15-4-7-25-5-2-1-3-6-25/h1-14,16,19,24,29,38H,15,17-18,20-23H2/b7-4-.